The molecule has 7 rings (SSSR count). The van der Waals surface area contributed by atoms with E-state index in [1.807, 2.05) is 13.0 Å². The van der Waals surface area contributed by atoms with Crippen LogP contribution in [-0.4, -0.2) is 61.0 Å². The van der Waals surface area contributed by atoms with Gasteiger partial charge in [-0.1, -0.05) is 26.0 Å². The molecule has 0 saturated heterocycles. The molecule has 0 saturated carbocycles. The molecule has 9 heteroatoms. The number of hydrogen-bond donors (Lipinski definition) is 2. The van der Waals surface area contributed by atoms with Crippen molar-refractivity contribution < 1.29 is 27.1 Å². The van der Waals surface area contributed by atoms with Gasteiger partial charge in [-0.2, -0.15) is 13.0 Å². The fraction of sp³-hybridized carbons (Fsp3) is 0.455. The highest BCUT2D eigenvalue weighted by molar-refractivity contribution is 7.85. The van der Waals surface area contributed by atoms with Crippen molar-refractivity contribution in [1.82, 2.24) is 5.32 Å². The van der Waals surface area contributed by atoms with Gasteiger partial charge < -0.3 is 15.0 Å². The molecule has 1 amide bonds. The van der Waals surface area contributed by atoms with Crippen LogP contribution in [0.25, 0.3) is 0 Å². The Morgan fingerprint density at radius 1 is 1.07 bits per heavy atom. The highest BCUT2D eigenvalue weighted by Gasteiger charge is 2.54. The molecule has 0 radical (unpaired) electrons. The first-order valence-electron chi connectivity index (χ1n) is 14.9. The zero-order valence-corrected chi connectivity index (χ0v) is 25.6. The number of carbonyl (C=O) groups is 1. The van der Waals surface area contributed by atoms with E-state index in [1.165, 1.54) is 28.6 Å². The van der Waals surface area contributed by atoms with Gasteiger partial charge in [-0.25, -0.2) is 0 Å². The number of anilines is 1. The summed E-state index contributed by atoms with van der Waals surface area (Å²) in [5.74, 6) is 0.0345. The molecule has 0 fully saturated rings. The van der Waals surface area contributed by atoms with E-state index >= 15 is 0 Å². The van der Waals surface area contributed by atoms with E-state index in [0.29, 0.717) is 13.0 Å². The van der Waals surface area contributed by atoms with E-state index < -0.39 is 15.5 Å². The van der Waals surface area contributed by atoms with Crippen LogP contribution in [0.3, 0.4) is 0 Å². The van der Waals surface area contributed by atoms with Gasteiger partial charge in [0.1, 0.15) is 0 Å². The number of hydrogen-bond acceptors (Lipinski definition) is 5. The second-order valence-corrected chi connectivity index (χ2v) is 14.6. The summed E-state index contributed by atoms with van der Waals surface area (Å²) >= 11 is 0. The Morgan fingerprint density at radius 3 is 2.60 bits per heavy atom. The van der Waals surface area contributed by atoms with Crippen LogP contribution in [0, 0.1) is 0 Å². The van der Waals surface area contributed by atoms with Gasteiger partial charge in [0.2, 0.25) is 11.6 Å². The van der Waals surface area contributed by atoms with E-state index in [2.05, 4.69) is 66.8 Å². The molecule has 220 valence electrons. The van der Waals surface area contributed by atoms with E-state index in [0.717, 1.165) is 54.0 Å². The second-order valence-electron chi connectivity index (χ2n) is 13.1. The molecule has 2 N–H and O–H groups in total. The summed E-state index contributed by atoms with van der Waals surface area (Å²) in [4.78, 5) is 14.7. The van der Waals surface area contributed by atoms with Crippen molar-refractivity contribution in [3.8, 4) is 0 Å². The minimum absolute atomic E-state index is 0.0126. The fourth-order valence-corrected chi connectivity index (χ4v) is 8.54. The Hall–Kier alpha value is -3.27. The van der Waals surface area contributed by atoms with Crippen molar-refractivity contribution in [2.24, 2.45) is 0 Å². The Labute approximate surface area is 247 Å². The normalized spacial score (nSPS) is 24.7. The van der Waals surface area contributed by atoms with Gasteiger partial charge in [0, 0.05) is 59.1 Å². The minimum Gasteiger partial charge on any atom is -0.365 e. The molecular formula is C33H38N3O5S+. The fourth-order valence-electron chi connectivity index (χ4n) is 8.03. The number of likely N-dealkylation sites (N-methyl/N-ethyl adjacent to an activating group) is 1. The number of ether oxygens (including phenoxy) is 1. The monoisotopic (exact) mass is 588 g/mol. The van der Waals surface area contributed by atoms with Crippen LogP contribution in [0.1, 0.15) is 64.2 Å². The van der Waals surface area contributed by atoms with Gasteiger partial charge in [-0.15, -0.1) is 0 Å². The minimum atomic E-state index is -4.31. The van der Waals surface area contributed by atoms with Gasteiger partial charge in [0.15, 0.2) is 12.3 Å². The van der Waals surface area contributed by atoms with Crippen LogP contribution in [-0.2, 0) is 36.9 Å². The number of nitrogens with zero attached hydrogens (tertiary/aromatic N) is 2. The Bertz CT molecular complexity index is 1770. The number of carbonyl (C=O) groups excluding carboxylic acids is 1. The van der Waals surface area contributed by atoms with Crippen LogP contribution in [0.15, 0.2) is 64.2 Å². The predicted octanol–water partition coefficient (Wildman–Crippen LogP) is 4.54. The van der Waals surface area contributed by atoms with E-state index in [-0.39, 0.29) is 28.4 Å². The van der Waals surface area contributed by atoms with E-state index in [1.54, 1.807) is 6.07 Å². The zero-order valence-electron chi connectivity index (χ0n) is 24.8. The molecule has 42 heavy (non-hydrogen) atoms. The Balaban J connectivity index is 1.34. The maximum atomic E-state index is 12.3. The van der Waals surface area contributed by atoms with Crippen LogP contribution in [0.5, 0.6) is 0 Å². The largest absolute Gasteiger partial charge is 0.365 e. The van der Waals surface area contributed by atoms with Crippen LogP contribution in [0.2, 0.25) is 0 Å². The number of fused-ring (bicyclic) bond motifs is 8. The van der Waals surface area contributed by atoms with Gasteiger partial charge >= 0.3 is 0 Å². The third-order valence-electron chi connectivity index (χ3n) is 9.83. The lowest BCUT2D eigenvalue weighted by molar-refractivity contribution is -0.445. The number of allylic oxidation sites excluding steroid dienone is 1. The summed E-state index contributed by atoms with van der Waals surface area (Å²) in [6, 6.07) is 11.4. The first-order valence-corrected chi connectivity index (χ1v) is 16.3. The highest BCUT2D eigenvalue weighted by atomic mass is 32.2. The molecule has 0 aromatic heterocycles. The Morgan fingerprint density at radius 2 is 1.86 bits per heavy atom. The lowest BCUT2D eigenvalue weighted by Gasteiger charge is -2.42. The number of benzene rings is 2. The van der Waals surface area contributed by atoms with Crippen LogP contribution >= 0.6 is 0 Å². The molecule has 2 unspecified atom stereocenters. The first-order chi connectivity index (χ1) is 19.8. The quantitative estimate of drug-likeness (QED) is 0.402. The molecule has 2 atom stereocenters. The lowest BCUT2D eigenvalue weighted by Crippen LogP contribution is -2.47. The van der Waals surface area contributed by atoms with Crippen LogP contribution in [0.4, 0.5) is 11.4 Å². The van der Waals surface area contributed by atoms with E-state index in [9.17, 15) is 17.8 Å². The standard InChI is InChI=1S/C33H37N3O5S/c1-6-34-29(37)16-19-7-9-25-23(15-19)32(2,3)30-21-18-22-28(41-27(21)11-13-35(25)30)12-14-36-26-10-8-20(42(38,39)40)17-24(26)33(4,5)31(22)36/h7-10,15,17-18,27-28H,6,11-14,16H2,1-5H3,(H-,34,37,38,39,40)/p+1. The SMILES string of the molecule is CCNC(=O)Cc1ccc2c(c1)C(C)(C)C1=C3C=C4C5=[N+](CCC4OC3CCN12)c1ccc(S(=O)(=O)O)cc1C5(C)C. The van der Waals surface area contributed by atoms with Crippen LogP contribution < -0.4 is 10.2 Å². The van der Waals surface area contributed by atoms with Crippen molar-refractivity contribution in [1.29, 1.82) is 0 Å². The summed E-state index contributed by atoms with van der Waals surface area (Å²) in [6.07, 6.45) is 4.46. The molecular weight excluding hydrogens is 550 g/mol. The van der Waals surface area contributed by atoms with Gasteiger partial charge in [-0.3, -0.25) is 9.35 Å². The molecule has 8 nitrogen and oxygen atoms in total. The Kier molecular flexibility index (Phi) is 5.98. The van der Waals surface area contributed by atoms with Crippen molar-refractivity contribution in [3.05, 3.63) is 76.0 Å². The summed E-state index contributed by atoms with van der Waals surface area (Å²) in [5.41, 5.74) is 9.34. The summed E-state index contributed by atoms with van der Waals surface area (Å²) in [6.45, 7) is 13.0. The average Bonchev–Trinajstić information content (AvgIpc) is 3.31. The zero-order chi connectivity index (χ0) is 29.8. The summed E-state index contributed by atoms with van der Waals surface area (Å²) in [7, 11) is -4.31. The average molecular weight is 589 g/mol. The predicted molar refractivity (Wildman–Crippen MR) is 161 cm³/mol. The smallest absolute Gasteiger partial charge is 0.294 e. The highest BCUT2D eigenvalue weighted by Crippen LogP contribution is 2.54. The topological polar surface area (TPSA) is 99.0 Å². The second kappa shape index (κ2) is 9.11. The van der Waals surface area contributed by atoms with Gasteiger partial charge in [-0.05, 0) is 62.6 Å². The maximum Gasteiger partial charge on any atom is 0.294 e. The van der Waals surface area contributed by atoms with Crippen molar-refractivity contribution >= 4 is 33.1 Å². The molecule has 5 heterocycles. The third kappa shape index (κ3) is 3.89. The summed E-state index contributed by atoms with van der Waals surface area (Å²) < 4.78 is 42.9. The third-order valence-corrected chi connectivity index (χ3v) is 10.7. The molecule has 0 aliphatic carbocycles. The number of rotatable bonds is 4. The first kappa shape index (κ1) is 27.6. The summed E-state index contributed by atoms with van der Waals surface area (Å²) in [5, 5.41) is 2.91. The molecule has 5 aliphatic rings. The number of nitrogens with one attached hydrogen (secondary N) is 1. The molecule has 0 bridgehead atoms. The van der Waals surface area contributed by atoms with Crippen molar-refractivity contribution in [2.75, 3.05) is 24.5 Å². The molecule has 0 spiro atoms. The molecule has 5 aliphatic heterocycles. The van der Waals surface area contributed by atoms with Gasteiger partial charge in [0.25, 0.3) is 10.1 Å². The van der Waals surface area contributed by atoms with E-state index in [4.69, 9.17) is 4.74 Å². The van der Waals surface area contributed by atoms with Gasteiger partial charge in [0.05, 0.1) is 28.9 Å². The number of amides is 1. The molecule has 2 aromatic rings. The van der Waals surface area contributed by atoms with Crippen molar-refractivity contribution in [2.45, 2.75) is 81.8 Å². The maximum absolute atomic E-state index is 12.3. The van der Waals surface area contributed by atoms with Crippen molar-refractivity contribution in [3.63, 3.8) is 0 Å². The lowest BCUT2D eigenvalue weighted by atomic mass is 9.74. The molecule has 2 aromatic carbocycles.